The molecule has 1 fully saturated rings. The van der Waals surface area contributed by atoms with Gasteiger partial charge in [0.1, 0.15) is 0 Å². The molecule has 0 saturated carbocycles. The number of nitrogens with one attached hydrogen (secondary N) is 1. The average molecular weight is 326 g/mol. The second-order valence-corrected chi connectivity index (χ2v) is 5.29. The lowest BCUT2D eigenvalue weighted by Gasteiger charge is -2.19. The number of hydrogen-bond donors (Lipinski definition) is 1. The van der Waals surface area contributed by atoms with Crippen LogP contribution in [0.25, 0.3) is 11.0 Å². The van der Waals surface area contributed by atoms with E-state index < -0.39 is 11.7 Å². The van der Waals surface area contributed by atoms with Gasteiger partial charge in [0.05, 0.1) is 16.7 Å². The van der Waals surface area contributed by atoms with E-state index in [2.05, 4.69) is 21.2 Å². The number of carbonyl (C=O) groups excluding carboxylic acids is 2. The lowest BCUT2D eigenvalue weighted by molar-refractivity contribution is -0.134. The minimum atomic E-state index is -0.490. The molecule has 1 atom stereocenters. The second kappa shape index (κ2) is 4.45. The van der Waals surface area contributed by atoms with Crippen LogP contribution in [0, 0.1) is 5.82 Å². The Labute approximate surface area is 116 Å². The summed E-state index contributed by atoms with van der Waals surface area (Å²) >= 11 is 3.08. The molecule has 1 aromatic heterocycles. The van der Waals surface area contributed by atoms with Crippen LogP contribution in [0.4, 0.5) is 4.39 Å². The molecular formula is C13H9BrFNO3. The number of benzene rings is 1. The van der Waals surface area contributed by atoms with E-state index in [0.29, 0.717) is 21.8 Å². The first-order valence-corrected chi connectivity index (χ1v) is 6.56. The van der Waals surface area contributed by atoms with Crippen molar-refractivity contribution < 1.29 is 18.4 Å². The van der Waals surface area contributed by atoms with E-state index in [0.717, 1.165) is 0 Å². The molecule has 6 heteroatoms. The van der Waals surface area contributed by atoms with Crippen molar-refractivity contribution in [2.45, 2.75) is 18.8 Å². The fraction of sp³-hybridized carbons (Fsp3) is 0.231. The first-order chi connectivity index (χ1) is 9.08. The van der Waals surface area contributed by atoms with Crippen molar-refractivity contribution in [2.24, 2.45) is 0 Å². The largest absolute Gasteiger partial charge is 0.461 e. The highest BCUT2D eigenvalue weighted by molar-refractivity contribution is 9.10. The van der Waals surface area contributed by atoms with Crippen molar-refractivity contribution in [3.05, 3.63) is 34.2 Å². The summed E-state index contributed by atoms with van der Waals surface area (Å²) in [5, 5.41) is 2.85. The Morgan fingerprint density at radius 3 is 2.89 bits per heavy atom. The summed E-state index contributed by atoms with van der Waals surface area (Å²) in [6, 6.07) is 3.27. The third kappa shape index (κ3) is 1.96. The maximum absolute atomic E-state index is 13.8. The van der Waals surface area contributed by atoms with E-state index in [4.69, 9.17) is 4.42 Å². The van der Waals surface area contributed by atoms with Crippen LogP contribution in [0.3, 0.4) is 0 Å². The molecule has 1 N–H and O–H groups in total. The Morgan fingerprint density at radius 1 is 1.37 bits per heavy atom. The fourth-order valence-corrected chi connectivity index (χ4v) is 2.63. The lowest BCUT2D eigenvalue weighted by Crippen LogP contribution is -2.39. The molecule has 2 amide bonds. The molecule has 1 aromatic carbocycles. The summed E-state index contributed by atoms with van der Waals surface area (Å²) in [5.41, 5.74) is 0.737. The van der Waals surface area contributed by atoms with E-state index >= 15 is 0 Å². The molecule has 98 valence electrons. The van der Waals surface area contributed by atoms with Gasteiger partial charge in [-0.2, -0.15) is 0 Å². The predicted octanol–water partition coefficient (Wildman–Crippen LogP) is 2.85. The Hall–Kier alpha value is -1.69. The number of imide groups is 1. The third-order valence-electron chi connectivity index (χ3n) is 3.28. The number of furan rings is 1. The molecule has 1 unspecified atom stereocenters. The van der Waals surface area contributed by atoms with Gasteiger partial charge in [0.2, 0.25) is 11.8 Å². The van der Waals surface area contributed by atoms with Crippen molar-refractivity contribution in [3.8, 4) is 0 Å². The zero-order valence-electron chi connectivity index (χ0n) is 9.70. The number of carbonyl (C=O) groups is 2. The quantitative estimate of drug-likeness (QED) is 0.820. The van der Waals surface area contributed by atoms with Crippen molar-refractivity contribution in [3.63, 3.8) is 0 Å². The smallest absolute Gasteiger partial charge is 0.234 e. The SMILES string of the molecule is O=C1CCC(c2coc3c(F)c(Br)ccc23)C(=O)N1. The van der Waals surface area contributed by atoms with Crippen molar-refractivity contribution in [1.29, 1.82) is 0 Å². The Morgan fingerprint density at radius 2 is 2.16 bits per heavy atom. The standard InChI is InChI=1S/C13H9BrFNO3/c14-9-3-1-6-8(5-19-12(6)11(9)15)7-2-4-10(17)16-13(7)18/h1,3,5,7H,2,4H2,(H,16,17,18). The Kier molecular flexibility index (Phi) is 2.89. The van der Waals surface area contributed by atoms with Gasteiger partial charge in [0, 0.05) is 17.4 Å². The highest BCUT2D eigenvalue weighted by Crippen LogP contribution is 2.35. The topological polar surface area (TPSA) is 59.3 Å². The van der Waals surface area contributed by atoms with E-state index in [1.165, 1.54) is 6.26 Å². The summed E-state index contributed by atoms with van der Waals surface area (Å²) in [4.78, 5) is 23.0. The number of piperidine rings is 1. The normalized spacial score (nSPS) is 19.8. The van der Waals surface area contributed by atoms with Crippen molar-refractivity contribution >= 4 is 38.7 Å². The van der Waals surface area contributed by atoms with Crippen LogP contribution in [0.5, 0.6) is 0 Å². The number of hydrogen-bond acceptors (Lipinski definition) is 3. The Balaban J connectivity index is 2.09. The number of rotatable bonds is 1. The van der Waals surface area contributed by atoms with Gasteiger partial charge in [0.15, 0.2) is 11.4 Å². The highest BCUT2D eigenvalue weighted by Gasteiger charge is 2.30. The molecule has 0 aliphatic carbocycles. The lowest BCUT2D eigenvalue weighted by atomic mass is 9.90. The fourth-order valence-electron chi connectivity index (χ4n) is 2.32. The van der Waals surface area contributed by atoms with Gasteiger partial charge in [-0.05, 0) is 34.5 Å². The minimum absolute atomic E-state index is 0.120. The molecule has 0 radical (unpaired) electrons. The van der Waals surface area contributed by atoms with Gasteiger partial charge in [-0.1, -0.05) is 0 Å². The molecular weight excluding hydrogens is 317 g/mol. The Bertz CT molecular complexity index is 694. The molecule has 19 heavy (non-hydrogen) atoms. The number of halogens is 2. The second-order valence-electron chi connectivity index (χ2n) is 4.43. The van der Waals surface area contributed by atoms with E-state index in [1.807, 2.05) is 0 Å². The minimum Gasteiger partial charge on any atom is -0.461 e. The van der Waals surface area contributed by atoms with Crippen LogP contribution in [0.15, 0.2) is 27.3 Å². The van der Waals surface area contributed by atoms with Crippen molar-refractivity contribution in [2.75, 3.05) is 0 Å². The van der Waals surface area contributed by atoms with E-state index in [9.17, 15) is 14.0 Å². The molecule has 0 spiro atoms. The molecule has 1 aliphatic rings. The zero-order chi connectivity index (χ0) is 13.6. The first-order valence-electron chi connectivity index (χ1n) is 5.76. The third-order valence-corrected chi connectivity index (χ3v) is 3.89. The molecule has 1 aliphatic heterocycles. The summed E-state index contributed by atoms with van der Waals surface area (Å²) in [7, 11) is 0. The van der Waals surface area contributed by atoms with Crippen molar-refractivity contribution in [1.82, 2.24) is 5.32 Å². The maximum atomic E-state index is 13.8. The summed E-state index contributed by atoms with van der Waals surface area (Å²) in [6.45, 7) is 0. The molecule has 3 rings (SSSR count). The van der Waals surface area contributed by atoms with Crippen LogP contribution in [-0.2, 0) is 9.59 Å². The average Bonchev–Trinajstić information content (AvgIpc) is 2.78. The maximum Gasteiger partial charge on any atom is 0.234 e. The molecule has 2 aromatic rings. The van der Waals surface area contributed by atoms with Gasteiger partial charge in [-0.25, -0.2) is 4.39 Å². The summed E-state index contributed by atoms with van der Waals surface area (Å²) in [6.07, 6.45) is 2.08. The zero-order valence-corrected chi connectivity index (χ0v) is 11.3. The molecule has 0 bridgehead atoms. The molecule has 2 heterocycles. The van der Waals surface area contributed by atoms with Gasteiger partial charge in [0.25, 0.3) is 0 Å². The summed E-state index contributed by atoms with van der Waals surface area (Å²) in [5.74, 6) is -1.60. The van der Waals surface area contributed by atoms with Gasteiger partial charge < -0.3 is 4.42 Å². The van der Waals surface area contributed by atoms with E-state index in [-0.39, 0.29) is 23.8 Å². The van der Waals surface area contributed by atoms with Gasteiger partial charge in [-0.15, -0.1) is 0 Å². The summed E-state index contributed by atoms with van der Waals surface area (Å²) < 4.78 is 19.4. The van der Waals surface area contributed by atoms with Gasteiger partial charge in [-0.3, -0.25) is 14.9 Å². The van der Waals surface area contributed by atoms with E-state index in [1.54, 1.807) is 12.1 Å². The van der Waals surface area contributed by atoms with Crippen LogP contribution in [-0.4, -0.2) is 11.8 Å². The number of amides is 2. The molecule has 4 nitrogen and oxygen atoms in total. The highest BCUT2D eigenvalue weighted by atomic mass is 79.9. The first kappa shape index (κ1) is 12.3. The van der Waals surface area contributed by atoms with Crippen LogP contribution in [0.1, 0.15) is 24.3 Å². The number of fused-ring (bicyclic) bond motifs is 1. The van der Waals surface area contributed by atoms with Gasteiger partial charge >= 0.3 is 0 Å². The molecule has 1 saturated heterocycles. The van der Waals surface area contributed by atoms with Crippen LogP contribution in [0.2, 0.25) is 0 Å². The monoisotopic (exact) mass is 325 g/mol. The predicted molar refractivity (Wildman–Crippen MR) is 69.0 cm³/mol. The van der Waals surface area contributed by atoms with Crippen LogP contribution >= 0.6 is 15.9 Å². The van der Waals surface area contributed by atoms with Crippen LogP contribution < -0.4 is 5.32 Å².